The van der Waals surface area contributed by atoms with Crippen LogP contribution in [-0.2, 0) is 6.42 Å². The van der Waals surface area contributed by atoms with E-state index in [1.807, 2.05) is 59.5 Å². The van der Waals surface area contributed by atoms with Crippen molar-refractivity contribution in [3.05, 3.63) is 66.0 Å². The number of nitrogens with zero attached hydrogens (tertiary/aromatic N) is 3. The van der Waals surface area contributed by atoms with Gasteiger partial charge in [0.05, 0.1) is 12.7 Å². The number of likely N-dealkylation sites (tertiary alicyclic amines) is 1. The van der Waals surface area contributed by atoms with Gasteiger partial charge in [-0.25, -0.2) is 4.98 Å². The number of carbonyl (C=O) groups excluding carboxylic acids is 1. The zero-order valence-electron chi connectivity index (χ0n) is 16.0. The molecule has 1 fully saturated rings. The fourth-order valence-corrected chi connectivity index (χ4v) is 3.71. The summed E-state index contributed by atoms with van der Waals surface area (Å²) >= 11 is 0. The highest BCUT2D eigenvalue weighted by atomic mass is 16.5. The number of aromatic amines is 1. The number of ether oxygens (including phenoxy) is 1. The summed E-state index contributed by atoms with van der Waals surface area (Å²) in [7, 11) is 1.60. The number of hydrogen-bond donors (Lipinski definition) is 1. The van der Waals surface area contributed by atoms with Crippen molar-refractivity contribution in [2.24, 2.45) is 5.92 Å². The number of aromatic nitrogens is 3. The minimum absolute atomic E-state index is 0.0435. The predicted octanol–water partition coefficient (Wildman–Crippen LogP) is 3.58. The maximum Gasteiger partial charge on any atom is 0.257 e. The molecule has 1 aromatic heterocycles. The lowest BCUT2D eigenvalue weighted by molar-refractivity contribution is 0.0686. The van der Waals surface area contributed by atoms with Gasteiger partial charge in [0, 0.05) is 25.1 Å². The average molecular weight is 376 g/mol. The molecular formula is C22H24N4O2. The molecule has 1 saturated heterocycles. The normalized spacial score (nSPS) is 14.8. The van der Waals surface area contributed by atoms with Gasteiger partial charge in [-0.1, -0.05) is 42.5 Å². The molecule has 4 rings (SSSR count). The first-order valence-corrected chi connectivity index (χ1v) is 9.63. The van der Waals surface area contributed by atoms with Crippen molar-refractivity contribution in [1.82, 2.24) is 20.1 Å². The summed E-state index contributed by atoms with van der Waals surface area (Å²) in [4.78, 5) is 19.4. The third-order valence-electron chi connectivity index (χ3n) is 5.28. The Morgan fingerprint density at radius 1 is 1.11 bits per heavy atom. The number of rotatable bonds is 5. The van der Waals surface area contributed by atoms with Crippen LogP contribution < -0.4 is 4.74 Å². The molecule has 144 valence electrons. The molecule has 28 heavy (non-hydrogen) atoms. The largest absolute Gasteiger partial charge is 0.496 e. The van der Waals surface area contributed by atoms with E-state index in [1.165, 1.54) is 0 Å². The van der Waals surface area contributed by atoms with Crippen LogP contribution >= 0.6 is 0 Å². The van der Waals surface area contributed by atoms with Gasteiger partial charge in [-0.2, -0.15) is 5.10 Å². The molecule has 0 bridgehead atoms. The van der Waals surface area contributed by atoms with E-state index in [2.05, 4.69) is 15.2 Å². The van der Waals surface area contributed by atoms with Crippen molar-refractivity contribution in [1.29, 1.82) is 0 Å². The standard InChI is InChI=1S/C22H24N4O2/c1-28-19-10-6-5-9-18(19)22(27)26-13-11-16(12-14-26)15-20-23-21(25-24-20)17-7-3-2-4-8-17/h2-10,16H,11-15H2,1H3,(H,23,24,25). The molecule has 2 aromatic carbocycles. The fraction of sp³-hybridized carbons (Fsp3) is 0.318. The third kappa shape index (κ3) is 3.91. The van der Waals surface area contributed by atoms with E-state index in [4.69, 9.17) is 4.74 Å². The second-order valence-electron chi connectivity index (χ2n) is 7.11. The van der Waals surface area contributed by atoms with Gasteiger partial charge in [-0.3, -0.25) is 9.89 Å². The number of para-hydroxylation sites is 1. The monoisotopic (exact) mass is 376 g/mol. The molecule has 0 radical (unpaired) electrons. The lowest BCUT2D eigenvalue weighted by Crippen LogP contribution is -2.39. The SMILES string of the molecule is COc1ccccc1C(=O)N1CCC(Cc2nc(-c3ccccc3)n[nH]2)CC1. The summed E-state index contributed by atoms with van der Waals surface area (Å²) in [6.45, 7) is 1.50. The number of nitrogens with one attached hydrogen (secondary N) is 1. The van der Waals surface area contributed by atoms with Crippen LogP contribution in [0.5, 0.6) is 5.75 Å². The van der Waals surface area contributed by atoms with Crippen LogP contribution in [0.4, 0.5) is 0 Å². The van der Waals surface area contributed by atoms with Crippen LogP contribution in [0.2, 0.25) is 0 Å². The molecule has 1 N–H and O–H groups in total. The first-order valence-electron chi connectivity index (χ1n) is 9.63. The predicted molar refractivity (Wildman–Crippen MR) is 107 cm³/mol. The molecule has 1 aliphatic rings. The Morgan fingerprint density at radius 3 is 2.57 bits per heavy atom. The van der Waals surface area contributed by atoms with Crippen molar-refractivity contribution in [3.8, 4) is 17.1 Å². The van der Waals surface area contributed by atoms with Crippen LogP contribution in [0.1, 0.15) is 29.0 Å². The van der Waals surface area contributed by atoms with Gasteiger partial charge >= 0.3 is 0 Å². The first-order chi connectivity index (χ1) is 13.7. The lowest BCUT2D eigenvalue weighted by Gasteiger charge is -2.32. The van der Waals surface area contributed by atoms with Gasteiger partial charge in [0.25, 0.3) is 5.91 Å². The highest BCUT2D eigenvalue weighted by Crippen LogP contribution is 2.25. The smallest absolute Gasteiger partial charge is 0.257 e. The number of H-pyrrole nitrogens is 1. The summed E-state index contributed by atoms with van der Waals surface area (Å²) in [6, 6.07) is 17.4. The molecule has 0 unspecified atom stereocenters. The molecule has 0 spiro atoms. The number of hydrogen-bond acceptors (Lipinski definition) is 4. The molecule has 0 atom stereocenters. The molecule has 1 aliphatic heterocycles. The fourth-order valence-electron chi connectivity index (χ4n) is 3.71. The third-order valence-corrected chi connectivity index (χ3v) is 5.28. The van der Waals surface area contributed by atoms with Crippen molar-refractivity contribution in [2.45, 2.75) is 19.3 Å². The van der Waals surface area contributed by atoms with Gasteiger partial charge in [-0.15, -0.1) is 0 Å². The van der Waals surface area contributed by atoms with E-state index in [1.54, 1.807) is 7.11 Å². The van der Waals surface area contributed by atoms with Crippen molar-refractivity contribution in [2.75, 3.05) is 20.2 Å². The van der Waals surface area contributed by atoms with Gasteiger partial charge in [0.1, 0.15) is 11.6 Å². The van der Waals surface area contributed by atoms with Gasteiger partial charge in [0.2, 0.25) is 0 Å². The van der Waals surface area contributed by atoms with E-state index in [9.17, 15) is 4.79 Å². The molecular weight excluding hydrogens is 352 g/mol. The Hall–Kier alpha value is -3.15. The van der Waals surface area contributed by atoms with E-state index >= 15 is 0 Å². The van der Waals surface area contributed by atoms with E-state index < -0.39 is 0 Å². The summed E-state index contributed by atoms with van der Waals surface area (Å²) in [5.74, 6) is 2.82. The van der Waals surface area contributed by atoms with Crippen LogP contribution in [0.3, 0.4) is 0 Å². The topological polar surface area (TPSA) is 71.1 Å². The Kier molecular flexibility index (Phi) is 5.37. The molecule has 6 heteroatoms. The highest BCUT2D eigenvalue weighted by molar-refractivity contribution is 5.97. The number of benzene rings is 2. The van der Waals surface area contributed by atoms with Crippen molar-refractivity contribution >= 4 is 5.91 Å². The van der Waals surface area contributed by atoms with Crippen molar-refractivity contribution < 1.29 is 9.53 Å². The maximum absolute atomic E-state index is 12.8. The summed E-state index contributed by atoms with van der Waals surface area (Å²) in [5.41, 5.74) is 1.65. The summed E-state index contributed by atoms with van der Waals surface area (Å²) < 4.78 is 5.33. The minimum Gasteiger partial charge on any atom is -0.496 e. The average Bonchev–Trinajstić information content (AvgIpc) is 3.23. The van der Waals surface area contributed by atoms with Crippen LogP contribution in [0, 0.1) is 5.92 Å². The molecule has 2 heterocycles. The Bertz CT molecular complexity index is 930. The highest BCUT2D eigenvalue weighted by Gasteiger charge is 2.26. The van der Waals surface area contributed by atoms with E-state index in [0.29, 0.717) is 17.2 Å². The maximum atomic E-state index is 12.8. The number of amides is 1. The molecule has 1 amide bonds. The number of carbonyl (C=O) groups is 1. The Balaban J connectivity index is 1.35. The number of piperidine rings is 1. The second kappa shape index (κ2) is 8.25. The summed E-state index contributed by atoms with van der Waals surface area (Å²) in [6.07, 6.45) is 2.78. The number of methoxy groups -OCH3 is 1. The van der Waals surface area contributed by atoms with E-state index in [0.717, 1.165) is 49.6 Å². The first kappa shape index (κ1) is 18.2. The molecule has 0 aliphatic carbocycles. The molecule has 6 nitrogen and oxygen atoms in total. The summed E-state index contributed by atoms with van der Waals surface area (Å²) in [5, 5.41) is 7.41. The van der Waals surface area contributed by atoms with E-state index in [-0.39, 0.29) is 5.91 Å². The zero-order valence-corrected chi connectivity index (χ0v) is 16.0. The Labute approximate surface area is 164 Å². The van der Waals surface area contributed by atoms with Gasteiger partial charge in [-0.05, 0) is 30.9 Å². The molecule has 0 saturated carbocycles. The van der Waals surface area contributed by atoms with Gasteiger partial charge in [0.15, 0.2) is 5.82 Å². The zero-order chi connectivity index (χ0) is 19.3. The van der Waals surface area contributed by atoms with Crippen molar-refractivity contribution in [3.63, 3.8) is 0 Å². The van der Waals surface area contributed by atoms with Crippen LogP contribution in [0.25, 0.3) is 11.4 Å². The van der Waals surface area contributed by atoms with Crippen LogP contribution in [0.15, 0.2) is 54.6 Å². The molecule has 3 aromatic rings. The Morgan fingerprint density at radius 2 is 1.82 bits per heavy atom. The lowest BCUT2D eigenvalue weighted by atomic mass is 9.93. The van der Waals surface area contributed by atoms with Gasteiger partial charge < -0.3 is 9.64 Å². The van der Waals surface area contributed by atoms with Crippen LogP contribution in [-0.4, -0.2) is 46.2 Å². The quantitative estimate of drug-likeness (QED) is 0.739. The second-order valence-corrected chi connectivity index (χ2v) is 7.11. The minimum atomic E-state index is 0.0435.